The summed E-state index contributed by atoms with van der Waals surface area (Å²) in [6, 6.07) is 4.82. The van der Waals surface area contributed by atoms with Gasteiger partial charge in [0, 0.05) is 0 Å². The average molecular weight is 192 g/mol. The van der Waals surface area contributed by atoms with E-state index in [-0.39, 0.29) is 11.4 Å². The van der Waals surface area contributed by atoms with Crippen LogP contribution in [0, 0.1) is 0 Å². The second-order valence-electron chi connectivity index (χ2n) is 2.73. The van der Waals surface area contributed by atoms with E-state index in [0.717, 1.165) is 5.52 Å². The molecule has 0 saturated carbocycles. The van der Waals surface area contributed by atoms with Gasteiger partial charge in [0.25, 0.3) is 0 Å². The van der Waals surface area contributed by atoms with Crippen LogP contribution >= 0.6 is 0 Å². The minimum Gasteiger partial charge on any atom is -0.505 e. The highest BCUT2D eigenvalue weighted by Gasteiger charge is 2.16. The quantitative estimate of drug-likeness (QED) is 0.679. The highest BCUT2D eigenvalue weighted by atomic mass is 16.5. The van der Waals surface area contributed by atoms with E-state index in [1.807, 2.05) is 0 Å². The van der Waals surface area contributed by atoms with E-state index in [0.29, 0.717) is 0 Å². The molecule has 0 unspecified atom stereocenters. The van der Waals surface area contributed by atoms with E-state index in [4.69, 9.17) is 0 Å². The van der Waals surface area contributed by atoms with Crippen LogP contribution in [0.15, 0.2) is 24.4 Å². The number of carbonyl (C=O) groups excluding carboxylic acids is 1. The molecule has 0 aliphatic carbocycles. The lowest BCUT2D eigenvalue weighted by Gasteiger charge is -2.04. The van der Waals surface area contributed by atoms with Crippen LogP contribution < -0.4 is 0 Å². The van der Waals surface area contributed by atoms with Crippen LogP contribution in [0.1, 0.15) is 10.5 Å². The Bertz CT molecular complexity index is 490. The normalized spacial score (nSPS) is 10.4. The Morgan fingerprint density at radius 2 is 2.29 bits per heavy atom. The number of aromatic hydroxyl groups is 1. The Morgan fingerprint density at radius 3 is 3.00 bits per heavy atom. The molecular weight excluding hydrogens is 184 g/mol. The molecule has 72 valence electrons. The molecule has 2 heterocycles. The number of hydrogen-bond donors (Lipinski definition) is 1. The maximum atomic E-state index is 11.3. The summed E-state index contributed by atoms with van der Waals surface area (Å²) in [7, 11) is 1.25. The van der Waals surface area contributed by atoms with Gasteiger partial charge < -0.3 is 9.84 Å². The summed E-state index contributed by atoms with van der Waals surface area (Å²) >= 11 is 0. The largest absolute Gasteiger partial charge is 0.505 e. The molecule has 1 N–H and O–H groups in total. The van der Waals surface area contributed by atoms with Gasteiger partial charge in [-0.3, -0.25) is 0 Å². The number of rotatable bonds is 1. The van der Waals surface area contributed by atoms with Crippen molar-refractivity contribution < 1.29 is 14.6 Å². The monoisotopic (exact) mass is 192 g/mol. The van der Waals surface area contributed by atoms with Crippen molar-refractivity contribution >= 4 is 11.5 Å². The summed E-state index contributed by atoms with van der Waals surface area (Å²) < 4.78 is 5.87. The topological polar surface area (TPSA) is 63.8 Å². The van der Waals surface area contributed by atoms with Gasteiger partial charge in [-0.05, 0) is 18.2 Å². The van der Waals surface area contributed by atoms with E-state index >= 15 is 0 Å². The molecule has 0 fully saturated rings. The Kier molecular flexibility index (Phi) is 1.85. The number of nitrogens with zero attached hydrogens (tertiary/aromatic N) is 2. The molecule has 2 aromatic heterocycles. The molecule has 0 amide bonds. The molecule has 2 rings (SSSR count). The second-order valence-corrected chi connectivity index (χ2v) is 2.73. The molecule has 0 saturated heterocycles. The number of esters is 1. The summed E-state index contributed by atoms with van der Waals surface area (Å²) in [6.45, 7) is 0. The van der Waals surface area contributed by atoms with E-state index in [9.17, 15) is 9.90 Å². The van der Waals surface area contributed by atoms with Crippen LogP contribution in [-0.4, -0.2) is 27.8 Å². The van der Waals surface area contributed by atoms with Gasteiger partial charge in [0.1, 0.15) is 5.75 Å². The molecule has 2 aromatic rings. The number of pyridine rings is 1. The smallest absolute Gasteiger partial charge is 0.360 e. The number of aromatic nitrogens is 2. The lowest BCUT2D eigenvalue weighted by Crippen LogP contribution is -2.09. The standard InChI is InChI=1S/C9H8N2O3/c1-14-9(13)8-7(12)3-2-6-4-5-10-11(6)8/h2-5,12H,1H3. The van der Waals surface area contributed by atoms with E-state index < -0.39 is 5.97 Å². The molecule has 0 radical (unpaired) electrons. The molecule has 5 heteroatoms. The van der Waals surface area contributed by atoms with Crippen molar-refractivity contribution in [3.8, 4) is 5.75 Å². The van der Waals surface area contributed by atoms with Gasteiger partial charge in [-0.15, -0.1) is 0 Å². The van der Waals surface area contributed by atoms with Crippen molar-refractivity contribution in [2.45, 2.75) is 0 Å². The van der Waals surface area contributed by atoms with Gasteiger partial charge in [-0.1, -0.05) is 0 Å². The molecular formula is C9H8N2O3. The summed E-state index contributed by atoms with van der Waals surface area (Å²) in [5, 5.41) is 13.4. The van der Waals surface area contributed by atoms with Crippen molar-refractivity contribution in [1.29, 1.82) is 0 Å². The first kappa shape index (κ1) is 8.55. The van der Waals surface area contributed by atoms with Gasteiger partial charge in [-0.25, -0.2) is 9.31 Å². The highest BCUT2D eigenvalue weighted by molar-refractivity contribution is 5.91. The van der Waals surface area contributed by atoms with Crippen LogP contribution in [-0.2, 0) is 4.74 Å². The molecule has 5 nitrogen and oxygen atoms in total. The third-order valence-corrected chi connectivity index (χ3v) is 1.92. The van der Waals surface area contributed by atoms with E-state index in [2.05, 4.69) is 9.84 Å². The zero-order chi connectivity index (χ0) is 10.1. The Hall–Kier alpha value is -2.04. The van der Waals surface area contributed by atoms with Crippen LogP contribution in [0.25, 0.3) is 5.52 Å². The number of fused-ring (bicyclic) bond motifs is 1. The third kappa shape index (κ3) is 1.10. The number of hydrogen-bond acceptors (Lipinski definition) is 4. The molecule has 0 bridgehead atoms. The lowest BCUT2D eigenvalue weighted by molar-refractivity contribution is 0.0587. The maximum absolute atomic E-state index is 11.3. The van der Waals surface area contributed by atoms with Crippen molar-refractivity contribution in [1.82, 2.24) is 9.61 Å². The average Bonchev–Trinajstić information content (AvgIpc) is 2.64. The van der Waals surface area contributed by atoms with Gasteiger partial charge in [0.05, 0.1) is 18.8 Å². The summed E-state index contributed by atoms with van der Waals surface area (Å²) in [4.78, 5) is 11.3. The first-order chi connectivity index (χ1) is 6.74. The first-order valence-electron chi connectivity index (χ1n) is 3.98. The van der Waals surface area contributed by atoms with Gasteiger partial charge in [0.15, 0.2) is 5.69 Å². The zero-order valence-corrected chi connectivity index (χ0v) is 7.47. The number of ether oxygens (including phenoxy) is 1. The van der Waals surface area contributed by atoms with Crippen molar-refractivity contribution in [3.63, 3.8) is 0 Å². The van der Waals surface area contributed by atoms with Gasteiger partial charge in [0.2, 0.25) is 0 Å². The number of carbonyl (C=O) groups is 1. The summed E-state index contributed by atoms with van der Waals surface area (Å²) in [6.07, 6.45) is 1.54. The van der Waals surface area contributed by atoms with Crippen LogP contribution in [0.4, 0.5) is 0 Å². The fourth-order valence-corrected chi connectivity index (χ4v) is 1.27. The Balaban J connectivity index is 2.76. The summed E-state index contributed by atoms with van der Waals surface area (Å²) in [5.74, 6) is -0.759. The zero-order valence-electron chi connectivity index (χ0n) is 7.47. The first-order valence-corrected chi connectivity index (χ1v) is 3.98. The predicted octanol–water partition coefficient (Wildman–Crippen LogP) is 0.826. The van der Waals surface area contributed by atoms with Crippen molar-refractivity contribution in [2.75, 3.05) is 7.11 Å². The second kappa shape index (κ2) is 3.02. The van der Waals surface area contributed by atoms with Crippen molar-refractivity contribution in [3.05, 3.63) is 30.1 Å². The molecule has 0 aliphatic rings. The Morgan fingerprint density at radius 1 is 1.50 bits per heavy atom. The minimum atomic E-state index is -0.614. The Labute approximate surface area is 79.5 Å². The van der Waals surface area contributed by atoms with Crippen LogP contribution in [0.3, 0.4) is 0 Å². The molecule has 0 atom stereocenters. The molecule has 0 aromatic carbocycles. The fraction of sp³-hybridized carbons (Fsp3) is 0.111. The van der Waals surface area contributed by atoms with E-state index in [1.165, 1.54) is 17.7 Å². The molecule has 0 spiro atoms. The fourth-order valence-electron chi connectivity index (χ4n) is 1.27. The van der Waals surface area contributed by atoms with Gasteiger partial charge >= 0.3 is 5.97 Å². The molecule has 0 aliphatic heterocycles. The van der Waals surface area contributed by atoms with E-state index in [1.54, 1.807) is 18.3 Å². The highest BCUT2D eigenvalue weighted by Crippen LogP contribution is 2.19. The predicted molar refractivity (Wildman–Crippen MR) is 48.2 cm³/mol. The maximum Gasteiger partial charge on any atom is 0.360 e. The third-order valence-electron chi connectivity index (χ3n) is 1.92. The lowest BCUT2D eigenvalue weighted by atomic mass is 10.3. The van der Waals surface area contributed by atoms with Crippen molar-refractivity contribution in [2.24, 2.45) is 0 Å². The SMILES string of the molecule is COC(=O)c1c(O)ccc2ccnn12. The number of methoxy groups -OCH3 is 1. The van der Waals surface area contributed by atoms with Crippen LogP contribution in [0.2, 0.25) is 0 Å². The van der Waals surface area contributed by atoms with Crippen LogP contribution in [0.5, 0.6) is 5.75 Å². The van der Waals surface area contributed by atoms with Gasteiger partial charge in [-0.2, -0.15) is 5.10 Å². The summed E-state index contributed by atoms with van der Waals surface area (Å²) in [5.41, 5.74) is 0.762. The molecule has 14 heavy (non-hydrogen) atoms. The minimum absolute atomic E-state index is 0.0370.